The van der Waals surface area contributed by atoms with Crippen LogP contribution in [0.5, 0.6) is 0 Å². The van der Waals surface area contributed by atoms with Gasteiger partial charge in [0, 0.05) is 44.1 Å². The van der Waals surface area contributed by atoms with Crippen LogP contribution in [-0.2, 0) is 14.2 Å². The van der Waals surface area contributed by atoms with Crippen LogP contribution in [0, 0.1) is 0 Å². The molecule has 3 fully saturated rings. The second kappa shape index (κ2) is 6.50. The van der Waals surface area contributed by atoms with Crippen molar-refractivity contribution in [1.82, 2.24) is 10.2 Å². The maximum atomic E-state index is 5.80. The minimum atomic E-state index is -0.238. The zero-order valence-electron chi connectivity index (χ0n) is 13.5. The fraction of sp³-hybridized carbons (Fsp3) is 1.00. The van der Waals surface area contributed by atoms with Crippen molar-refractivity contribution in [2.24, 2.45) is 0 Å². The normalized spacial score (nSPS) is 28.3. The summed E-state index contributed by atoms with van der Waals surface area (Å²) in [6, 6.07) is 0.601. The number of ether oxygens (including phenoxy) is 3. The van der Waals surface area contributed by atoms with Crippen LogP contribution in [0.2, 0.25) is 0 Å². The molecule has 5 heteroatoms. The van der Waals surface area contributed by atoms with E-state index in [0.29, 0.717) is 6.04 Å². The highest BCUT2D eigenvalue weighted by molar-refractivity contribution is 4.90. The summed E-state index contributed by atoms with van der Waals surface area (Å²) in [6.45, 7) is 11.1. The van der Waals surface area contributed by atoms with Gasteiger partial charge in [0.1, 0.15) is 0 Å². The van der Waals surface area contributed by atoms with Crippen molar-refractivity contribution in [3.8, 4) is 0 Å². The SMILES string of the molecule is CC(C)(CNC1CCC2(CC1)OCCO2)N1CCOCC1. The summed E-state index contributed by atoms with van der Waals surface area (Å²) in [7, 11) is 0. The molecular formula is C16H30N2O3. The minimum absolute atomic E-state index is 0.194. The smallest absolute Gasteiger partial charge is 0.168 e. The molecule has 122 valence electrons. The van der Waals surface area contributed by atoms with Crippen LogP contribution in [0.3, 0.4) is 0 Å². The summed E-state index contributed by atoms with van der Waals surface area (Å²) >= 11 is 0. The molecule has 0 aromatic rings. The molecule has 5 nitrogen and oxygen atoms in total. The fourth-order valence-electron chi connectivity index (χ4n) is 3.72. The van der Waals surface area contributed by atoms with E-state index in [1.807, 2.05) is 0 Å². The van der Waals surface area contributed by atoms with E-state index < -0.39 is 0 Å². The van der Waals surface area contributed by atoms with Crippen molar-refractivity contribution in [3.63, 3.8) is 0 Å². The predicted molar refractivity (Wildman–Crippen MR) is 81.4 cm³/mol. The number of hydrogen-bond acceptors (Lipinski definition) is 5. The molecule has 0 unspecified atom stereocenters. The van der Waals surface area contributed by atoms with Gasteiger partial charge in [-0.15, -0.1) is 0 Å². The summed E-state index contributed by atoms with van der Waals surface area (Å²) in [6.07, 6.45) is 4.36. The predicted octanol–water partition coefficient (Wildman–Crippen LogP) is 1.37. The van der Waals surface area contributed by atoms with Gasteiger partial charge in [-0.2, -0.15) is 0 Å². The van der Waals surface area contributed by atoms with Gasteiger partial charge in [-0.1, -0.05) is 0 Å². The molecule has 0 bridgehead atoms. The average molecular weight is 298 g/mol. The fourth-order valence-corrected chi connectivity index (χ4v) is 3.72. The van der Waals surface area contributed by atoms with E-state index in [1.165, 1.54) is 0 Å². The average Bonchev–Trinajstić information content (AvgIpc) is 2.96. The van der Waals surface area contributed by atoms with Gasteiger partial charge in [-0.3, -0.25) is 4.90 Å². The molecule has 3 aliphatic rings. The van der Waals surface area contributed by atoms with Gasteiger partial charge in [0.05, 0.1) is 26.4 Å². The van der Waals surface area contributed by atoms with Crippen LogP contribution in [0.1, 0.15) is 39.5 Å². The molecule has 0 radical (unpaired) electrons. The standard InChI is InChI=1S/C16H30N2O3/c1-15(2,18-7-9-19-10-8-18)13-17-14-3-5-16(6-4-14)20-11-12-21-16/h14,17H,3-13H2,1-2H3. The molecule has 1 saturated carbocycles. The van der Waals surface area contributed by atoms with Crippen LogP contribution in [0.15, 0.2) is 0 Å². The van der Waals surface area contributed by atoms with Gasteiger partial charge in [0.2, 0.25) is 0 Å². The third-order valence-corrected chi connectivity index (χ3v) is 5.25. The number of nitrogens with zero attached hydrogens (tertiary/aromatic N) is 1. The summed E-state index contributed by atoms with van der Waals surface area (Å²) in [5.74, 6) is -0.238. The van der Waals surface area contributed by atoms with E-state index >= 15 is 0 Å². The Labute approximate surface area is 128 Å². The van der Waals surface area contributed by atoms with Crippen molar-refractivity contribution in [2.75, 3.05) is 46.1 Å². The molecule has 1 aliphatic carbocycles. The van der Waals surface area contributed by atoms with E-state index in [0.717, 1.165) is 71.7 Å². The first-order chi connectivity index (χ1) is 10.1. The Bertz CT molecular complexity index is 326. The molecule has 21 heavy (non-hydrogen) atoms. The lowest BCUT2D eigenvalue weighted by molar-refractivity contribution is -0.179. The zero-order valence-corrected chi connectivity index (χ0v) is 13.5. The highest BCUT2D eigenvalue weighted by atomic mass is 16.7. The Morgan fingerprint density at radius 2 is 1.67 bits per heavy atom. The van der Waals surface area contributed by atoms with Crippen molar-refractivity contribution in [2.45, 2.75) is 56.9 Å². The van der Waals surface area contributed by atoms with E-state index in [9.17, 15) is 0 Å². The van der Waals surface area contributed by atoms with Crippen molar-refractivity contribution in [3.05, 3.63) is 0 Å². The van der Waals surface area contributed by atoms with Crippen molar-refractivity contribution in [1.29, 1.82) is 0 Å². The summed E-state index contributed by atoms with van der Waals surface area (Å²) < 4.78 is 17.0. The monoisotopic (exact) mass is 298 g/mol. The molecule has 1 N–H and O–H groups in total. The number of morpholine rings is 1. The Morgan fingerprint density at radius 1 is 1.05 bits per heavy atom. The van der Waals surface area contributed by atoms with E-state index in [2.05, 4.69) is 24.1 Å². The van der Waals surface area contributed by atoms with Crippen LogP contribution in [0.4, 0.5) is 0 Å². The lowest BCUT2D eigenvalue weighted by Gasteiger charge is -2.43. The van der Waals surface area contributed by atoms with E-state index in [4.69, 9.17) is 14.2 Å². The summed E-state index contributed by atoms with van der Waals surface area (Å²) in [5.41, 5.74) is 0.194. The number of hydrogen-bond donors (Lipinski definition) is 1. The molecule has 0 aromatic carbocycles. The third kappa shape index (κ3) is 3.77. The van der Waals surface area contributed by atoms with E-state index in [1.54, 1.807) is 0 Å². The van der Waals surface area contributed by atoms with Gasteiger partial charge in [0.15, 0.2) is 5.79 Å². The van der Waals surface area contributed by atoms with Gasteiger partial charge in [0.25, 0.3) is 0 Å². The molecule has 1 spiro atoms. The molecule has 0 aromatic heterocycles. The van der Waals surface area contributed by atoms with Crippen LogP contribution in [-0.4, -0.2) is 68.3 Å². The molecule has 2 heterocycles. The highest BCUT2D eigenvalue weighted by Crippen LogP contribution is 2.35. The van der Waals surface area contributed by atoms with Gasteiger partial charge >= 0.3 is 0 Å². The van der Waals surface area contributed by atoms with E-state index in [-0.39, 0.29) is 11.3 Å². The second-order valence-electron chi connectivity index (χ2n) is 7.17. The van der Waals surface area contributed by atoms with Crippen LogP contribution in [0.25, 0.3) is 0 Å². The van der Waals surface area contributed by atoms with Crippen LogP contribution >= 0.6 is 0 Å². The largest absolute Gasteiger partial charge is 0.379 e. The molecule has 2 saturated heterocycles. The van der Waals surface area contributed by atoms with Gasteiger partial charge in [-0.05, 0) is 26.7 Å². The molecule has 0 amide bonds. The Kier molecular flexibility index (Phi) is 4.86. The highest BCUT2D eigenvalue weighted by Gasteiger charge is 2.40. The Balaban J connectivity index is 1.42. The lowest BCUT2D eigenvalue weighted by Crippen LogP contribution is -2.56. The first-order valence-electron chi connectivity index (χ1n) is 8.44. The lowest BCUT2D eigenvalue weighted by atomic mass is 9.89. The topological polar surface area (TPSA) is 43.0 Å². The minimum Gasteiger partial charge on any atom is -0.379 e. The molecule has 0 atom stereocenters. The molecule has 3 rings (SSSR count). The van der Waals surface area contributed by atoms with Crippen LogP contribution < -0.4 is 5.32 Å². The zero-order chi connectivity index (χ0) is 14.8. The van der Waals surface area contributed by atoms with Crippen molar-refractivity contribution >= 4 is 0 Å². The number of rotatable bonds is 4. The maximum absolute atomic E-state index is 5.80. The molecule has 2 aliphatic heterocycles. The first kappa shape index (κ1) is 15.7. The van der Waals surface area contributed by atoms with Gasteiger partial charge in [-0.25, -0.2) is 0 Å². The Hall–Kier alpha value is -0.200. The summed E-state index contributed by atoms with van der Waals surface area (Å²) in [4.78, 5) is 2.54. The third-order valence-electron chi connectivity index (χ3n) is 5.25. The second-order valence-corrected chi connectivity index (χ2v) is 7.17. The first-order valence-corrected chi connectivity index (χ1v) is 8.44. The summed E-state index contributed by atoms with van der Waals surface area (Å²) in [5, 5.41) is 3.77. The maximum Gasteiger partial charge on any atom is 0.168 e. The number of nitrogens with one attached hydrogen (secondary N) is 1. The van der Waals surface area contributed by atoms with Crippen molar-refractivity contribution < 1.29 is 14.2 Å². The Morgan fingerprint density at radius 3 is 2.29 bits per heavy atom. The van der Waals surface area contributed by atoms with Gasteiger partial charge < -0.3 is 19.5 Å². The molecular weight excluding hydrogens is 268 g/mol. The quantitative estimate of drug-likeness (QED) is 0.849.